The van der Waals surface area contributed by atoms with Gasteiger partial charge in [-0.3, -0.25) is 4.79 Å². The Morgan fingerprint density at radius 2 is 1.80 bits per heavy atom. The standard InChI is InChI=1S/C20H29NO4/c1-12(16-8-13-5-6-15(16)7-13)21-19(22)11-14-9-17(23-2)20(25-4)18(10-14)24-3/h9-10,12-13,15-16H,5-8,11H2,1-4H3,(H,21,22)/t12-,13+,15+,16+/m1/s1. The lowest BCUT2D eigenvalue weighted by atomic mass is 9.84. The van der Waals surface area contributed by atoms with E-state index >= 15 is 0 Å². The minimum absolute atomic E-state index is 0.0459. The quantitative estimate of drug-likeness (QED) is 0.823. The summed E-state index contributed by atoms with van der Waals surface area (Å²) in [6.07, 6.45) is 5.66. The van der Waals surface area contributed by atoms with Crippen molar-refractivity contribution in [2.75, 3.05) is 21.3 Å². The lowest BCUT2D eigenvalue weighted by Gasteiger charge is -2.28. The molecule has 2 fully saturated rings. The minimum atomic E-state index is 0.0459. The highest BCUT2D eigenvalue weighted by molar-refractivity contribution is 5.79. The molecule has 4 atom stereocenters. The Hall–Kier alpha value is -1.91. The van der Waals surface area contributed by atoms with Crippen molar-refractivity contribution in [3.05, 3.63) is 17.7 Å². The zero-order chi connectivity index (χ0) is 18.0. The number of ether oxygens (including phenoxy) is 3. The molecule has 25 heavy (non-hydrogen) atoms. The molecule has 5 heteroatoms. The van der Waals surface area contributed by atoms with Gasteiger partial charge in [0.2, 0.25) is 11.7 Å². The van der Waals surface area contributed by atoms with E-state index in [0.29, 0.717) is 29.6 Å². The number of amides is 1. The molecule has 3 rings (SSSR count). The molecule has 1 aromatic rings. The van der Waals surface area contributed by atoms with Crippen LogP contribution in [-0.4, -0.2) is 33.3 Å². The summed E-state index contributed by atoms with van der Waals surface area (Å²) < 4.78 is 16.0. The molecule has 0 saturated heterocycles. The van der Waals surface area contributed by atoms with Crippen molar-refractivity contribution >= 4 is 5.91 Å². The van der Waals surface area contributed by atoms with Crippen molar-refractivity contribution in [2.45, 2.75) is 45.1 Å². The zero-order valence-electron chi connectivity index (χ0n) is 15.6. The predicted molar refractivity (Wildman–Crippen MR) is 96.3 cm³/mol. The lowest BCUT2D eigenvalue weighted by molar-refractivity contribution is -0.121. The van der Waals surface area contributed by atoms with Crippen molar-refractivity contribution in [2.24, 2.45) is 17.8 Å². The summed E-state index contributed by atoms with van der Waals surface area (Å²) in [7, 11) is 4.74. The van der Waals surface area contributed by atoms with E-state index < -0.39 is 0 Å². The number of fused-ring (bicyclic) bond motifs is 2. The average Bonchev–Trinajstić information content (AvgIpc) is 3.23. The number of carbonyl (C=O) groups excluding carboxylic acids is 1. The number of hydrogen-bond donors (Lipinski definition) is 1. The maximum Gasteiger partial charge on any atom is 0.224 e. The van der Waals surface area contributed by atoms with E-state index in [0.717, 1.165) is 17.4 Å². The zero-order valence-corrected chi connectivity index (χ0v) is 15.6. The van der Waals surface area contributed by atoms with Crippen LogP contribution >= 0.6 is 0 Å². The number of nitrogens with one attached hydrogen (secondary N) is 1. The first-order valence-corrected chi connectivity index (χ1v) is 9.14. The van der Waals surface area contributed by atoms with E-state index in [1.54, 1.807) is 21.3 Å². The second-order valence-electron chi connectivity index (χ2n) is 7.41. The number of carbonyl (C=O) groups is 1. The molecule has 1 N–H and O–H groups in total. The van der Waals surface area contributed by atoms with Crippen LogP contribution in [0.4, 0.5) is 0 Å². The van der Waals surface area contributed by atoms with E-state index in [2.05, 4.69) is 12.2 Å². The summed E-state index contributed by atoms with van der Waals surface area (Å²) >= 11 is 0. The summed E-state index contributed by atoms with van der Waals surface area (Å²) in [6, 6.07) is 3.91. The molecule has 2 aliphatic rings. The molecule has 1 amide bonds. The maximum absolute atomic E-state index is 12.5. The smallest absolute Gasteiger partial charge is 0.224 e. The van der Waals surface area contributed by atoms with Crippen LogP contribution in [0.25, 0.3) is 0 Å². The second kappa shape index (κ2) is 7.54. The Morgan fingerprint density at radius 3 is 2.28 bits per heavy atom. The fourth-order valence-electron chi connectivity index (χ4n) is 4.74. The number of hydrogen-bond acceptors (Lipinski definition) is 4. The molecule has 5 nitrogen and oxygen atoms in total. The summed E-state index contributed by atoms with van der Waals surface area (Å²) in [5.41, 5.74) is 0.854. The molecule has 2 saturated carbocycles. The third-order valence-corrected chi connectivity index (χ3v) is 5.91. The molecule has 0 heterocycles. The Kier molecular flexibility index (Phi) is 5.40. The van der Waals surface area contributed by atoms with Crippen LogP contribution in [0.5, 0.6) is 17.2 Å². The van der Waals surface area contributed by atoms with Crippen LogP contribution in [0, 0.1) is 17.8 Å². The largest absolute Gasteiger partial charge is 0.493 e. The molecule has 0 radical (unpaired) electrons. The van der Waals surface area contributed by atoms with E-state index in [9.17, 15) is 4.79 Å². The highest BCUT2D eigenvalue weighted by Gasteiger charge is 2.42. The van der Waals surface area contributed by atoms with Gasteiger partial charge in [-0.2, -0.15) is 0 Å². The number of benzene rings is 1. The Morgan fingerprint density at radius 1 is 1.12 bits per heavy atom. The van der Waals surface area contributed by atoms with Crippen LogP contribution in [0.1, 0.15) is 38.2 Å². The molecular formula is C20H29NO4. The SMILES string of the molecule is COc1cc(CC(=O)N[C@H](C)[C@@H]2C[C@H]3CC[C@H]2C3)cc(OC)c1OC. The van der Waals surface area contributed by atoms with Crippen molar-refractivity contribution in [3.8, 4) is 17.2 Å². The summed E-state index contributed by atoms with van der Waals surface area (Å²) in [6.45, 7) is 2.15. The van der Waals surface area contributed by atoms with Crippen molar-refractivity contribution in [3.63, 3.8) is 0 Å². The minimum Gasteiger partial charge on any atom is -0.493 e. The molecule has 0 aromatic heterocycles. The van der Waals surface area contributed by atoms with Gasteiger partial charge in [0.25, 0.3) is 0 Å². The normalized spacial score (nSPS) is 25.5. The first-order valence-electron chi connectivity index (χ1n) is 9.14. The van der Waals surface area contributed by atoms with Gasteiger partial charge in [-0.25, -0.2) is 0 Å². The van der Waals surface area contributed by atoms with Gasteiger partial charge >= 0.3 is 0 Å². The predicted octanol–water partition coefficient (Wildman–Crippen LogP) is 3.20. The fraction of sp³-hybridized carbons (Fsp3) is 0.650. The van der Waals surface area contributed by atoms with Crippen LogP contribution in [0.2, 0.25) is 0 Å². The molecular weight excluding hydrogens is 318 g/mol. The Bertz CT molecular complexity index is 605. The van der Waals surface area contributed by atoms with Gasteiger partial charge in [-0.1, -0.05) is 6.42 Å². The summed E-state index contributed by atoms with van der Waals surface area (Å²) in [4.78, 5) is 12.5. The molecule has 0 unspecified atom stereocenters. The average molecular weight is 347 g/mol. The second-order valence-corrected chi connectivity index (χ2v) is 7.41. The molecule has 0 aliphatic heterocycles. The van der Waals surface area contributed by atoms with E-state index in [1.165, 1.54) is 25.7 Å². The van der Waals surface area contributed by atoms with Crippen LogP contribution in [-0.2, 0) is 11.2 Å². The molecule has 2 aliphatic carbocycles. The van der Waals surface area contributed by atoms with Crippen molar-refractivity contribution in [1.29, 1.82) is 0 Å². The fourth-order valence-corrected chi connectivity index (χ4v) is 4.74. The van der Waals surface area contributed by atoms with Gasteiger partial charge in [0.05, 0.1) is 27.8 Å². The Labute approximate surface area is 150 Å². The summed E-state index contributed by atoms with van der Waals surface area (Å²) in [5, 5.41) is 3.21. The third-order valence-electron chi connectivity index (χ3n) is 5.91. The molecule has 1 aromatic carbocycles. The first kappa shape index (κ1) is 17.9. The monoisotopic (exact) mass is 347 g/mol. The lowest BCUT2D eigenvalue weighted by Crippen LogP contribution is -2.40. The number of rotatable bonds is 7. The van der Waals surface area contributed by atoms with Crippen LogP contribution in [0.3, 0.4) is 0 Å². The third kappa shape index (κ3) is 3.70. The van der Waals surface area contributed by atoms with Crippen molar-refractivity contribution in [1.82, 2.24) is 5.32 Å². The van der Waals surface area contributed by atoms with Gasteiger partial charge in [0, 0.05) is 6.04 Å². The molecule has 0 spiro atoms. The topological polar surface area (TPSA) is 56.8 Å². The molecule has 2 bridgehead atoms. The summed E-state index contributed by atoms with van der Waals surface area (Å²) in [5.74, 6) is 4.08. The maximum atomic E-state index is 12.5. The highest BCUT2D eigenvalue weighted by atomic mass is 16.5. The van der Waals surface area contributed by atoms with E-state index in [4.69, 9.17) is 14.2 Å². The van der Waals surface area contributed by atoms with Gasteiger partial charge in [-0.05, 0) is 61.6 Å². The number of methoxy groups -OCH3 is 3. The molecule has 138 valence electrons. The highest BCUT2D eigenvalue weighted by Crippen LogP contribution is 2.49. The van der Waals surface area contributed by atoms with Crippen LogP contribution in [0.15, 0.2) is 12.1 Å². The van der Waals surface area contributed by atoms with Gasteiger partial charge in [0.15, 0.2) is 11.5 Å². The van der Waals surface area contributed by atoms with Crippen LogP contribution < -0.4 is 19.5 Å². The first-order chi connectivity index (χ1) is 12.0. The van der Waals surface area contributed by atoms with Crippen molar-refractivity contribution < 1.29 is 19.0 Å². The van der Waals surface area contributed by atoms with Gasteiger partial charge in [-0.15, -0.1) is 0 Å². The van der Waals surface area contributed by atoms with E-state index in [1.807, 2.05) is 12.1 Å². The van der Waals surface area contributed by atoms with Gasteiger partial charge in [0.1, 0.15) is 0 Å². The van der Waals surface area contributed by atoms with Gasteiger partial charge < -0.3 is 19.5 Å². The Balaban J connectivity index is 1.64. The van der Waals surface area contributed by atoms with E-state index in [-0.39, 0.29) is 11.9 Å².